The molecule has 0 amide bonds. The summed E-state index contributed by atoms with van der Waals surface area (Å²) in [7, 11) is -3.64. The smallest absolute Gasteiger partial charge is 0.277 e. The first-order chi connectivity index (χ1) is 7.97. The van der Waals surface area contributed by atoms with Crippen LogP contribution in [0.3, 0.4) is 0 Å². The zero-order valence-corrected chi connectivity index (χ0v) is 11.4. The number of ether oxygens (including phenoxy) is 1. The number of halogens is 1. The summed E-state index contributed by atoms with van der Waals surface area (Å²) in [4.78, 5) is 0. The van der Waals surface area contributed by atoms with Crippen LogP contribution < -0.4 is 5.14 Å². The van der Waals surface area contributed by atoms with Gasteiger partial charge in [-0.25, -0.2) is 5.14 Å². The summed E-state index contributed by atoms with van der Waals surface area (Å²) in [6, 6.07) is 7.61. The third-order valence-electron chi connectivity index (χ3n) is 2.61. The normalized spacial score (nSPS) is 22.6. The number of hydrogen-bond acceptors (Lipinski definition) is 3. The van der Waals surface area contributed by atoms with E-state index < -0.39 is 10.2 Å². The highest BCUT2D eigenvalue weighted by atomic mass is 79.9. The Morgan fingerprint density at radius 1 is 1.47 bits per heavy atom. The summed E-state index contributed by atoms with van der Waals surface area (Å²) in [5.41, 5.74) is 0.938. The first kappa shape index (κ1) is 13.0. The second kappa shape index (κ2) is 5.03. The van der Waals surface area contributed by atoms with Crippen LogP contribution in [0.15, 0.2) is 28.7 Å². The topological polar surface area (TPSA) is 72.6 Å². The number of rotatable bonds is 2. The lowest BCUT2D eigenvalue weighted by molar-refractivity contribution is -0.00257. The third-order valence-corrected chi connectivity index (χ3v) is 4.15. The maximum Gasteiger partial charge on any atom is 0.277 e. The molecule has 17 heavy (non-hydrogen) atoms. The average Bonchev–Trinajstić information content (AvgIpc) is 2.28. The molecule has 94 valence electrons. The molecule has 0 spiro atoms. The van der Waals surface area contributed by atoms with E-state index in [9.17, 15) is 8.42 Å². The Morgan fingerprint density at radius 2 is 2.24 bits per heavy atom. The molecule has 0 bridgehead atoms. The van der Waals surface area contributed by atoms with Gasteiger partial charge in [0.2, 0.25) is 0 Å². The predicted molar refractivity (Wildman–Crippen MR) is 67.5 cm³/mol. The summed E-state index contributed by atoms with van der Waals surface area (Å²) in [5.74, 6) is 0. The Kier molecular flexibility index (Phi) is 3.84. The standard InChI is InChI=1S/C10H13BrN2O3S/c11-9-3-1-2-8(6-9)10-7-13(4-5-16-10)17(12,14)15/h1-3,6,10H,4-5,7H2,(H2,12,14,15)/t10-/m0/s1. The molecule has 0 radical (unpaired) electrons. The molecule has 1 aromatic rings. The largest absolute Gasteiger partial charge is 0.371 e. The minimum atomic E-state index is -3.64. The molecular weight excluding hydrogens is 308 g/mol. The molecule has 1 atom stereocenters. The monoisotopic (exact) mass is 320 g/mol. The summed E-state index contributed by atoms with van der Waals surface area (Å²) < 4.78 is 30.3. The van der Waals surface area contributed by atoms with E-state index in [2.05, 4.69) is 15.9 Å². The maximum absolute atomic E-state index is 11.3. The molecule has 1 aliphatic heterocycles. The number of hydrogen-bond donors (Lipinski definition) is 1. The SMILES string of the molecule is NS(=O)(=O)N1CCO[C@H](c2cccc(Br)c2)C1. The van der Waals surface area contributed by atoms with Crippen molar-refractivity contribution in [3.63, 3.8) is 0 Å². The van der Waals surface area contributed by atoms with Crippen LogP contribution in [0, 0.1) is 0 Å². The number of nitrogens with two attached hydrogens (primary N) is 1. The fourth-order valence-electron chi connectivity index (χ4n) is 1.77. The highest BCUT2D eigenvalue weighted by Crippen LogP contribution is 2.25. The number of benzene rings is 1. The van der Waals surface area contributed by atoms with Crippen LogP contribution in [0.25, 0.3) is 0 Å². The molecule has 1 aliphatic rings. The van der Waals surface area contributed by atoms with E-state index in [4.69, 9.17) is 9.88 Å². The van der Waals surface area contributed by atoms with Crippen LogP contribution in [-0.4, -0.2) is 32.4 Å². The summed E-state index contributed by atoms with van der Waals surface area (Å²) in [6.45, 7) is 0.923. The molecule has 0 saturated carbocycles. The van der Waals surface area contributed by atoms with Gasteiger partial charge >= 0.3 is 0 Å². The van der Waals surface area contributed by atoms with Crippen LogP contribution in [-0.2, 0) is 14.9 Å². The van der Waals surface area contributed by atoms with Crippen molar-refractivity contribution in [2.24, 2.45) is 5.14 Å². The van der Waals surface area contributed by atoms with Crippen LogP contribution in [0.2, 0.25) is 0 Å². The van der Waals surface area contributed by atoms with E-state index in [0.29, 0.717) is 13.2 Å². The van der Waals surface area contributed by atoms with Crippen molar-refractivity contribution in [1.82, 2.24) is 4.31 Å². The van der Waals surface area contributed by atoms with Crippen LogP contribution >= 0.6 is 15.9 Å². The summed E-state index contributed by atoms with van der Waals surface area (Å²) in [5, 5.41) is 5.11. The molecule has 1 saturated heterocycles. The van der Waals surface area contributed by atoms with E-state index in [1.807, 2.05) is 24.3 Å². The van der Waals surface area contributed by atoms with Gasteiger partial charge in [-0.3, -0.25) is 0 Å². The van der Waals surface area contributed by atoms with Crippen molar-refractivity contribution in [2.75, 3.05) is 19.7 Å². The van der Waals surface area contributed by atoms with Crippen molar-refractivity contribution in [1.29, 1.82) is 0 Å². The Balaban J connectivity index is 2.18. The molecule has 1 fully saturated rings. The van der Waals surface area contributed by atoms with E-state index in [1.165, 1.54) is 4.31 Å². The zero-order valence-electron chi connectivity index (χ0n) is 9.04. The van der Waals surface area contributed by atoms with Gasteiger partial charge in [0.05, 0.1) is 12.7 Å². The van der Waals surface area contributed by atoms with Gasteiger partial charge in [-0.15, -0.1) is 0 Å². The Bertz CT molecular complexity index is 506. The second-order valence-corrected chi connectivity index (χ2v) is 6.28. The summed E-state index contributed by atoms with van der Waals surface area (Å²) in [6.07, 6.45) is -0.264. The Morgan fingerprint density at radius 3 is 2.88 bits per heavy atom. The van der Waals surface area contributed by atoms with Crippen LogP contribution in [0.1, 0.15) is 11.7 Å². The maximum atomic E-state index is 11.3. The van der Waals surface area contributed by atoms with Crippen molar-refractivity contribution in [2.45, 2.75) is 6.10 Å². The molecule has 0 unspecified atom stereocenters. The van der Waals surface area contributed by atoms with Gasteiger partial charge in [-0.2, -0.15) is 12.7 Å². The van der Waals surface area contributed by atoms with Crippen molar-refractivity contribution < 1.29 is 13.2 Å². The van der Waals surface area contributed by atoms with Crippen molar-refractivity contribution in [3.05, 3.63) is 34.3 Å². The van der Waals surface area contributed by atoms with Gasteiger partial charge in [-0.05, 0) is 17.7 Å². The second-order valence-electron chi connectivity index (χ2n) is 3.82. The van der Waals surface area contributed by atoms with Gasteiger partial charge in [0.15, 0.2) is 0 Å². The van der Waals surface area contributed by atoms with Gasteiger partial charge in [0, 0.05) is 17.6 Å². The number of nitrogens with zero attached hydrogens (tertiary/aromatic N) is 1. The lowest BCUT2D eigenvalue weighted by atomic mass is 10.1. The molecule has 7 heteroatoms. The average molecular weight is 321 g/mol. The third kappa shape index (κ3) is 3.26. The number of morpholine rings is 1. The molecule has 1 aromatic carbocycles. The van der Waals surface area contributed by atoms with E-state index in [1.54, 1.807) is 0 Å². The molecule has 0 aliphatic carbocycles. The van der Waals surface area contributed by atoms with Crippen LogP contribution in [0.4, 0.5) is 0 Å². The molecule has 2 rings (SSSR count). The van der Waals surface area contributed by atoms with Gasteiger partial charge in [0.25, 0.3) is 10.2 Å². The zero-order chi connectivity index (χ0) is 12.5. The Labute approximate surface area is 109 Å². The molecule has 1 heterocycles. The first-order valence-electron chi connectivity index (χ1n) is 5.12. The highest BCUT2D eigenvalue weighted by molar-refractivity contribution is 9.10. The van der Waals surface area contributed by atoms with Crippen molar-refractivity contribution >= 4 is 26.1 Å². The predicted octanol–water partition coefficient (Wildman–Crippen LogP) is 1.03. The molecular formula is C10H13BrN2O3S. The molecule has 5 nitrogen and oxygen atoms in total. The van der Waals surface area contributed by atoms with Crippen molar-refractivity contribution in [3.8, 4) is 0 Å². The quantitative estimate of drug-likeness (QED) is 0.884. The highest BCUT2D eigenvalue weighted by Gasteiger charge is 2.27. The molecule has 0 aromatic heterocycles. The first-order valence-corrected chi connectivity index (χ1v) is 7.41. The van der Waals surface area contributed by atoms with Gasteiger partial charge in [-0.1, -0.05) is 28.1 Å². The van der Waals surface area contributed by atoms with Gasteiger partial charge in [0.1, 0.15) is 0 Å². The van der Waals surface area contributed by atoms with Gasteiger partial charge < -0.3 is 4.74 Å². The van der Waals surface area contributed by atoms with E-state index >= 15 is 0 Å². The van der Waals surface area contributed by atoms with E-state index in [-0.39, 0.29) is 12.6 Å². The fourth-order valence-corrected chi connectivity index (χ4v) is 2.85. The lowest BCUT2D eigenvalue weighted by Gasteiger charge is -2.31. The Hall–Kier alpha value is -0.470. The lowest BCUT2D eigenvalue weighted by Crippen LogP contribution is -2.45. The fraction of sp³-hybridized carbons (Fsp3) is 0.400. The molecule has 2 N–H and O–H groups in total. The van der Waals surface area contributed by atoms with E-state index in [0.717, 1.165) is 10.0 Å². The minimum absolute atomic E-state index is 0.259. The summed E-state index contributed by atoms with van der Waals surface area (Å²) >= 11 is 3.37. The van der Waals surface area contributed by atoms with Crippen LogP contribution in [0.5, 0.6) is 0 Å². The minimum Gasteiger partial charge on any atom is -0.371 e.